The fourth-order valence-electron chi connectivity index (χ4n) is 6.85. The van der Waals surface area contributed by atoms with E-state index in [1.807, 2.05) is 0 Å². The second-order valence-electron chi connectivity index (χ2n) is 15.5. The molecule has 0 aliphatic carbocycles. The highest BCUT2D eigenvalue weighted by atomic mass is 32.2. The van der Waals surface area contributed by atoms with E-state index in [1.54, 1.807) is 0 Å². The summed E-state index contributed by atoms with van der Waals surface area (Å²) in [6.07, 6.45) is 0. The van der Waals surface area contributed by atoms with Crippen molar-refractivity contribution in [3.63, 3.8) is 0 Å². The quantitative estimate of drug-likeness (QED) is 0.0140. The summed E-state index contributed by atoms with van der Waals surface area (Å²) in [6, 6.07) is 16.7. The number of nitrogen functional groups attached to an aromatic ring is 1. The first-order valence-corrected chi connectivity index (χ1v) is 29.3. The molecule has 0 unspecified atom stereocenters. The van der Waals surface area contributed by atoms with E-state index in [1.165, 1.54) is 36.4 Å². The van der Waals surface area contributed by atoms with Crippen molar-refractivity contribution in [2.45, 2.75) is 24.5 Å². The number of benzene rings is 7. The summed E-state index contributed by atoms with van der Waals surface area (Å²) in [7, 11) is -30.1. The molecule has 0 aliphatic rings. The summed E-state index contributed by atoms with van der Waals surface area (Å²) >= 11 is 0. The van der Waals surface area contributed by atoms with Crippen molar-refractivity contribution < 1.29 is 88.4 Å². The Hall–Kier alpha value is -8.24. The molecule has 0 spiro atoms. The lowest BCUT2D eigenvalue weighted by atomic mass is 10.1. The fraction of sp³-hybridized carbons (Fsp3) is 0.0500. The Bertz CT molecular complexity index is 4480. The van der Waals surface area contributed by atoms with Gasteiger partial charge in [-0.2, -0.15) is 57.4 Å². The minimum Gasteiger partial charge on any atom is -0.505 e. The molecule has 402 valence electrons. The number of sulfone groups is 1. The maximum atomic E-state index is 13.0. The number of anilines is 1. The normalized spacial score (nSPS) is 13.3. The van der Waals surface area contributed by atoms with Crippen molar-refractivity contribution in [2.24, 2.45) is 40.9 Å². The van der Waals surface area contributed by atoms with Gasteiger partial charge in [0.05, 0.1) is 49.5 Å². The van der Waals surface area contributed by atoms with Crippen LogP contribution in [-0.2, 0) is 60.4 Å². The molecule has 7 aromatic rings. The standard InChI is InChI=1S/C40H30N10O21S6/c41-36-31(19-32(74(60,61)62)26-11-13-29(39(52)35(26)36)46-45-28-12-7-23(50(53)54)17-33(28)75(63,64)65)48-47-30-14-10-25-27(40(30)77(69,70)71)18-34(76(66,67)68)37(38(25)51)49-44-21-3-1-20(2-4-21)42-43-22-5-8-24(9-6-22)72(55,56)15-16-73(57,58)59/h1-14,17-19,51-52H,15-16,41H2,(H,57,58,59)(H,60,61,62)(H,63,64,65)(H,66,67,68)(H,69,70,71). The van der Waals surface area contributed by atoms with Gasteiger partial charge in [-0.1, -0.05) is 6.07 Å². The van der Waals surface area contributed by atoms with E-state index in [0.717, 1.165) is 48.5 Å². The highest BCUT2D eigenvalue weighted by molar-refractivity contribution is 7.93. The number of hydrogen-bond acceptors (Lipinski definition) is 25. The molecule has 0 atom stereocenters. The highest BCUT2D eigenvalue weighted by Gasteiger charge is 2.29. The zero-order valence-electron chi connectivity index (χ0n) is 37.6. The van der Waals surface area contributed by atoms with Crippen molar-refractivity contribution in [1.29, 1.82) is 0 Å². The Balaban J connectivity index is 1.24. The van der Waals surface area contributed by atoms with Crippen LogP contribution in [0.3, 0.4) is 0 Å². The molecular weight excluding hydrogens is 1150 g/mol. The van der Waals surface area contributed by atoms with Gasteiger partial charge in [0.15, 0.2) is 21.3 Å². The number of nitro groups is 1. The van der Waals surface area contributed by atoms with Crippen molar-refractivity contribution >= 4 is 139 Å². The molecule has 9 N–H and O–H groups in total. The lowest BCUT2D eigenvalue weighted by molar-refractivity contribution is -0.385. The Kier molecular flexibility index (Phi) is 15.2. The topological polar surface area (TPSA) is 514 Å². The predicted molar refractivity (Wildman–Crippen MR) is 266 cm³/mol. The second kappa shape index (κ2) is 20.7. The average Bonchev–Trinajstić information content (AvgIpc) is 3.37. The number of phenols is 2. The summed E-state index contributed by atoms with van der Waals surface area (Å²) < 4.78 is 197. The number of fused-ring (bicyclic) bond motifs is 2. The molecule has 0 bridgehead atoms. The largest absolute Gasteiger partial charge is 0.505 e. The lowest BCUT2D eigenvalue weighted by Crippen LogP contribution is -2.16. The van der Waals surface area contributed by atoms with Gasteiger partial charge in [0.25, 0.3) is 56.3 Å². The van der Waals surface area contributed by atoms with Gasteiger partial charge in [-0.15, -0.1) is 25.6 Å². The van der Waals surface area contributed by atoms with Crippen LogP contribution in [0.4, 0.5) is 56.9 Å². The molecule has 0 amide bonds. The molecule has 0 heterocycles. The van der Waals surface area contributed by atoms with E-state index >= 15 is 0 Å². The number of rotatable bonds is 17. The lowest BCUT2D eigenvalue weighted by Gasteiger charge is -2.13. The summed E-state index contributed by atoms with van der Waals surface area (Å²) in [5.41, 5.74) is 1.28. The smallest absolute Gasteiger partial charge is 0.297 e. The summed E-state index contributed by atoms with van der Waals surface area (Å²) in [5.74, 6) is -4.03. The van der Waals surface area contributed by atoms with Gasteiger partial charge in [0.1, 0.15) is 48.0 Å². The SMILES string of the molecule is Nc1c(N=Nc2ccc3c(O)c(N=Nc4ccc(N=Nc5ccc(S(=O)(=O)CCS(=O)(=O)O)cc5)cc4)c(S(=O)(=O)O)cc3c2S(=O)(=O)O)cc(S(=O)(=O)O)c2ccc(N=Nc3ccc([N+](=O)[O-])cc3S(=O)(=O)O)c(O)c12. The summed E-state index contributed by atoms with van der Waals surface area (Å²) in [6.45, 7) is 0. The van der Waals surface area contributed by atoms with Crippen LogP contribution < -0.4 is 5.73 Å². The van der Waals surface area contributed by atoms with E-state index in [2.05, 4.69) is 40.9 Å². The van der Waals surface area contributed by atoms with E-state index < -0.39 is 169 Å². The molecule has 0 radical (unpaired) electrons. The zero-order valence-corrected chi connectivity index (χ0v) is 42.5. The zero-order chi connectivity index (χ0) is 56.8. The number of nitro benzene ring substituents is 1. The Morgan fingerprint density at radius 2 is 0.935 bits per heavy atom. The highest BCUT2D eigenvalue weighted by Crippen LogP contribution is 2.48. The third-order valence-corrected chi connectivity index (χ3v) is 16.7. The molecule has 7 rings (SSSR count). The van der Waals surface area contributed by atoms with E-state index in [0.29, 0.717) is 18.2 Å². The number of hydrogen-bond donors (Lipinski definition) is 8. The molecule has 0 saturated heterocycles. The molecule has 7 aromatic carbocycles. The molecule has 77 heavy (non-hydrogen) atoms. The molecule has 37 heteroatoms. The summed E-state index contributed by atoms with van der Waals surface area (Å²) in [5, 5.41) is 61.6. The predicted octanol–water partition coefficient (Wildman–Crippen LogP) is 8.20. The van der Waals surface area contributed by atoms with Crippen LogP contribution in [0.25, 0.3) is 21.5 Å². The molecule has 31 nitrogen and oxygen atoms in total. The molecular formula is C40H30N10O21S6. The van der Waals surface area contributed by atoms with Gasteiger partial charge in [-0.05, 0) is 84.9 Å². The number of aromatic hydroxyl groups is 2. The number of nitrogens with zero attached hydrogens (tertiary/aromatic N) is 9. The van der Waals surface area contributed by atoms with Gasteiger partial charge < -0.3 is 15.9 Å². The Morgan fingerprint density at radius 1 is 0.455 bits per heavy atom. The van der Waals surface area contributed by atoms with E-state index in [4.69, 9.17) is 10.3 Å². The monoisotopic (exact) mass is 1180 g/mol. The Morgan fingerprint density at radius 3 is 1.47 bits per heavy atom. The summed E-state index contributed by atoms with van der Waals surface area (Å²) in [4.78, 5) is 5.35. The third kappa shape index (κ3) is 12.7. The van der Waals surface area contributed by atoms with Crippen LogP contribution in [0.15, 0.2) is 169 Å². The minimum absolute atomic E-state index is 0.0332. The number of phenolic OH excluding ortho intramolecular Hbond substituents is 2. The number of nitrogens with two attached hydrogens (primary N) is 1. The molecule has 0 saturated carbocycles. The van der Waals surface area contributed by atoms with Gasteiger partial charge in [-0.3, -0.25) is 32.9 Å². The van der Waals surface area contributed by atoms with E-state index in [-0.39, 0.29) is 22.0 Å². The molecule has 0 aliphatic heterocycles. The molecule has 0 aromatic heterocycles. The first kappa shape index (κ1) is 56.5. The van der Waals surface area contributed by atoms with E-state index in [9.17, 15) is 89.0 Å². The Labute approximate surface area is 432 Å². The fourth-order valence-corrected chi connectivity index (χ4v) is 12.2. The number of azo groups is 4. The van der Waals surface area contributed by atoms with Gasteiger partial charge in [0, 0.05) is 28.3 Å². The van der Waals surface area contributed by atoms with Crippen LogP contribution in [-0.4, -0.2) is 99.9 Å². The number of non-ortho nitro benzene ring substituents is 1. The van der Waals surface area contributed by atoms with Crippen molar-refractivity contribution in [2.75, 3.05) is 17.2 Å². The van der Waals surface area contributed by atoms with Gasteiger partial charge >= 0.3 is 0 Å². The van der Waals surface area contributed by atoms with Crippen LogP contribution in [0, 0.1) is 10.1 Å². The van der Waals surface area contributed by atoms with Gasteiger partial charge in [0.2, 0.25) is 0 Å². The maximum Gasteiger partial charge on any atom is 0.297 e. The first-order valence-electron chi connectivity index (χ1n) is 20.3. The second-order valence-corrected chi connectivity index (χ2v) is 24.7. The van der Waals surface area contributed by atoms with Crippen LogP contribution in [0.1, 0.15) is 0 Å². The first-order chi connectivity index (χ1) is 35.6. The van der Waals surface area contributed by atoms with Crippen molar-refractivity contribution in [1.82, 2.24) is 0 Å². The molecule has 0 fully saturated rings. The minimum atomic E-state index is -5.57. The van der Waals surface area contributed by atoms with Gasteiger partial charge in [-0.25, -0.2) is 8.42 Å². The van der Waals surface area contributed by atoms with Crippen molar-refractivity contribution in [3.05, 3.63) is 113 Å². The third-order valence-electron chi connectivity index (χ3n) is 10.4. The average molecular weight is 1180 g/mol. The van der Waals surface area contributed by atoms with Crippen LogP contribution in [0.5, 0.6) is 11.5 Å². The maximum absolute atomic E-state index is 13.0. The van der Waals surface area contributed by atoms with Crippen molar-refractivity contribution in [3.8, 4) is 11.5 Å². The van der Waals surface area contributed by atoms with Crippen LogP contribution >= 0.6 is 0 Å². The van der Waals surface area contributed by atoms with Crippen LogP contribution in [0.2, 0.25) is 0 Å².